The lowest BCUT2D eigenvalue weighted by atomic mass is 10.2. The molecule has 7 heteroatoms. The highest BCUT2D eigenvalue weighted by molar-refractivity contribution is 9.10. The number of aliphatic imine (C=N–C) groups is 1. The van der Waals surface area contributed by atoms with Crippen molar-refractivity contribution in [3.63, 3.8) is 0 Å². The van der Waals surface area contributed by atoms with Crippen molar-refractivity contribution in [3.8, 4) is 0 Å². The zero-order valence-corrected chi connectivity index (χ0v) is 16.6. The largest absolute Gasteiger partial charge is 0.347 e. The summed E-state index contributed by atoms with van der Waals surface area (Å²) in [5, 5.41) is 5.91. The van der Waals surface area contributed by atoms with Crippen molar-refractivity contribution < 1.29 is 9.18 Å². The highest BCUT2D eigenvalue weighted by Crippen LogP contribution is 2.20. The lowest BCUT2D eigenvalue weighted by Gasteiger charge is -2.22. The van der Waals surface area contributed by atoms with Crippen LogP contribution in [0.5, 0.6) is 0 Å². The standard InChI is InChI=1S/C19H22BrFN4O/c1-13-4-7-15(20)10-17(13)24-18(26)11-23-19(22-2)25(3)12-14-5-8-16(21)9-6-14/h4-10H,11-12H2,1-3H3,(H,22,23)(H,24,26). The van der Waals surface area contributed by atoms with Crippen LogP contribution in [0.3, 0.4) is 0 Å². The van der Waals surface area contributed by atoms with Gasteiger partial charge < -0.3 is 15.5 Å². The monoisotopic (exact) mass is 420 g/mol. The van der Waals surface area contributed by atoms with Crippen molar-refractivity contribution in [2.24, 2.45) is 4.99 Å². The first kappa shape index (κ1) is 19.9. The summed E-state index contributed by atoms with van der Waals surface area (Å²) >= 11 is 3.40. The summed E-state index contributed by atoms with van der Waals surface area (Å²) < 4.78 is 13.9. The first-order chi connectivity index (χ1) is 12.4. The maximum absolute atomic E-state index is 13.0. The normalized spacial score (nSPS) is 11.2. The molecular weight excluding hydrogens is 399 g/mol. The van der Waals surface area contributed by atoms with Crippen molar-refractivity contribution in [1.29, 1.82) is 0 Å². The smallest absolute Gasteiger partial charge is 0.243 e. The van der Waals surface area contributed by atoms with Crippen molar-refractivity contribution in [3.05, 3.63) is 63.9 Å². The minimum absolute atomic E-state index is 0.0897. The minimum atomic E-state index is -0.265. The molecule has 0 aliphatic carbocycles. The topological polar surface area (TPSA) is 56.7 Å². The van der Waals surface area contributed by atoms with Crippen LogP contribution in [-0.4, -0.2) is 37.4 Å². The van der Waals surface area contributed by atoms with E-state index in [0.29, 0.717) is 12.5 Å². The molecule has 0 atom stereocenters. The van der Waals surface area contributed by atoms with Gasteiger partial charge in [0.05, 0.1) is 6.54 Å². The first-order valence-electron chi connectivity index (χ1n) is 8.11. The van der Waals surface area contributed by atoms with Gasteiger partial charge in [-0.2, -0.15) is 0 Å². The van der Waals surface area contributed by atoms with Crippen molar-refractivity contribution in [1.82, 2.24) is 10.2 Å². The lowest BCUT2D eigenvalue weighted by Crippen LogP contribution is -2.42. The van der Waals surface area contributed by atoms with Crippen LogP contribution < -0.4 is 10.6 Å². The van der Waals surface area contributed by atoms with E-state index in [1.54, 1.807) is 19.2 Å². The summed E-state index contributed by atoms with van der Waals surface area (Å²) in [4.78, 5) is 18.3. The Morgan fingerprint density at radius 1 is 1.23 bits per heavy atom. The van der Waals surface area contributed by atoms with Crippen LogP contribution in [-0.2, 0) is 11.3 Å². The summed E-state index contributed by atoms with van der Waals surface area (Å²) in [5.41, 5.74) is 2.70. The molecule has 2 aromatic carbocycles. The number of hydrogen-bond donors (Lipinski definition) is 2. The number of rotatable bonds is 5. The molecule has 0 heterocycles. The van der Waals surface area contributed by atoms with Gasteiger partial charge in [-0.1, -0.05) is 34.1 Å². The highest BCUT2D eigenvalue weighted by atomic mass is 79.9. The van der Waals surface area contributed by atoms with Crippen LogP contribution in [0.15, 0.2) is 51.9 Å². The van der Waals surface area contributed by atoms with Gasteiger partial charge in [0, 0.05) is 30.8 Å². The van der Waals surface area contributed by atoms with Gasteiger partial charge in [0.1, 0.15) is 5.82 Å². The van der Waals surface area contributed by atoms with E-state index in [1.807, 2.05) is 37.1 Å². The van der Waals surface area contributed by atoms with Gasteiger partial charge in [0.15, 0.2) is 5.96 Å². The SMILES string of the molecule is CN=C(NCC(=O)Nc1cc(Br)ccc1C)N(C)Cc1ccc(F)cc1. The van der Waals surface area contributed by atoms with Crippen LogP contribution in [0.2, 0.25) is 0 Å². The Bertz CT molecular complexity index is 793. The van der Waals surface area contributed by atoms with Crippen molar-refractivity contribution in [2.75, 3.05) is 26.0 Å². The third kappa shape index (κ3) is 5.84. The molecule has 2 N–H and O–H groups in total. The molecule has 0 fully saturated rings. The number of guanidine groups is 1. The number of carbonyl (C=O) groups excluding carboxylic acids is 1. The fourth-order valence-electron chi connectivity index (χ4n) is 2.41. The van der Waals surface area contributed by atoms with E-state index in [-0.39, 0.29) is 18.3 Å². The van der Waals surface area contributed by atoms with Crippen LogP contribution in [0.4, 0.5) is 10.1 Å². The molecule has 138 valence electrons. The molecule has 0 unspecified atom stereocenters. The van der Waals surface area contributed by atoms with Crippen LogP contribution in [0.1, 0.15) is 11.1 Å². The molecule has 0 aromatic heterocycles. The Hall–Kier alpha value is -2.41. The summed E-state index contributed by atoms with van der Waals surface area (Å²) in [6, 6.07) is 12.0. The van der Waals surface area contributed by atoms with Gasteiger partial charge in [-0.15, -0.1) is 0 Å². The molecule has 2 aromatic rings. The van der Waals surface area contributed by atoms with Crippen molar-refractivity contribution >= 4 is 33.5 Å². The molecule has 0 aliphatic rings. The van der Waals surface area contributed by atoms with Gasteiger partial charge in [0.25, 0.3) is 0 Å². The number of benzene rings is 2. The lowest BCUT2D eigenvalue weighted by molar-refractivity contribution is -0.115. The Labute approximate surface area is 161 Å². The summed E-state index contributed by atoms with van der Waals surface area (Å²) in [5.74, 6) is 0.149. The second kappa shape index (κ2) is 9.33. The molecule has 0 spiro atoms. The molecule has 5 nitrogen and oxygen atoms in total. The van der Waals surface area contributed by atoms with Gasteiger partial charge in [-0.3, -0.25) is 9.79 Å². The number of nitrogens with zero attached hydrogens (tertiary/aromatic N) is 2. The number of carbonyl (C=O) groups is 1. The molecule has 0 saturated carbocycles. The van der Waals surface area contributed by atoms with E-state index >= 15 is 0 Å². The summed E-state index contributed by atoms with van der Waals surface area (Å²) in [7, 11) is 3.51. The van der Waals surface area contributed by atoms with E-state index in [1.165, 1.54) is 12.1 Å². The average molecular weight is 421 g/mol. The zero-order chi connectivity index (χ0) is 19.1. The van der Waals surface area contributed by atoms with Gasteiger partial charge in [-0.05, 0) is 42.3 Å². The van der Waals surface area contributed by atoms with Gasteiger partial charge in [-0.25, -0.2) is 4.39 Å². The zero-order valence-electron chi connectivity index (χ0n) is 15.0. The predicted molar refractivity (Wildman–Crippen MR) is 107 cm³/mol. The molecular formula is C19H22BrFN4O. The number of halogens is 2. The third-order valence-electron chi connectivity index (χ3n) is 3.79. The maximum atomic E-state index is 13.0. The van der Waals surface area contributed by atoms with Crippen molar-refractivity contribution in [2.45, 2.75) is 13.5 Å². The molecule has 26 heavy (non-hydrogen) atoms. The summed E-state index contributed by atoms with van der Waals surface area (Å²) in [6.07, 6.45) is 0. The predicted octanol–water partition coefficient (Wildman–Crippen LogP) is 3.54. The quantitative estimate of drug-likeness (QED) is 0.574. The number of nitrogens with one attached hydrogen (secondary N) is 2. The Morgan fingerprint density at radius 2 is 1.92 bits per heavy atom. The fraction of sp³-hybridized carbons (Fsp3) is 0.263. The van der Waals surface area contributed by atoms with Gasteiger partial charge in [0.2, 0.25) is 5.91 Å². The van der Waals surface area contributed by atoms with E-state index in [9.17, 15) is 9.18 Å². The van der Waals surface area contributed by atoms with Gasteiger partial charge >= 0.3 is 0 Å². The van der Waals surface area contributed by atoms with Crippen LogP contribution in [0, 0.1) is 12.7 Å². The number of aryl methyl sites for hydroxylation is 1. The molecule has 0 saturated heterocycles. The number of anilines is 1. The Morgan fingerprint density at radius 3 is 2.58 bits per heavy atom. The summed E-state index contributed by atoms with van der Waals surface area (Å²) in [6.45, 7) is 2.57. The van der Waals surface area contributed by atoms with Crippen LogP contribution in [0.25, 0.3) is 0 Å². The van der Waals surface area contributed by atoms with Crippen LogP contribution >= 0.6 is 15.9 Å². The van der Waals surface area contributed by atoms with E-state index < -0.39 is 0 Å². The Kier molecular flexibility index (Phi) is 7.15. The minimum Gasteiger partial charge on any atom is -0.347 e. The Balaban J connectivity index is 1.90. The fourth-order valence-corrected chi connectivity index (χ4v) is 2.77. The van der Waals surface area contributed by atoms with E-state index in [4.69, 9.17) is 0 Å². The molecule has 1 amide bonds. The number of hydrogen-bond acceptors (Lipinski definition) is 2. The van der Waals surface area contributed by atoms with E-state index in [0.717, 1.165) is 21.3 Å². The first-order valence-corrected chi connectivity index (χ1v) is 8.90. The second-order valence-corrected chi connectivity index (χ2v) is 6.81. The molecule has 0 bridgehead atoms. The maximum Gasteiger partial charge on any atom is 0.243 e. The molecule has 2 rings (SSSR count). The number of amides is 1. The average Bonchev–Trinajstić information content (AvgIpc) is 2.60. The third-order valence-corrected chi connectivity index (χ3v) is 4.28. The highest BCUT2D eigenvalue weighted by Gasteiger charge is 2.10. The molecule has 0 radical (unpaired) electrons. The second-order valence-electron chi connectivity index (χ2n) is 5.89. The molecule has 0 aliphatic heterocycles. The van der Waals surface area contributed by atoms with E-state index in [2.05, 4.69) is 31.6 Å².